The number of nitrogens with zero attached hydrogens (tertiary/aromatic N) is 1. The van der Waals surface area contributed by atoms with E-state index in [1.54, 1.807) is 0 Å². The van der Waals surface area contributed by atoms with E-state index in [-0.39, 0.29) is 0 Å². The predicted molar refractivity (Wildman–Crippen MR) is 66.8 cm³/mol. The third-order valence-electron chi connectivity index (χ3n) is 3.05. The molecule has 2 rings (SSSR count). The Morgan fingerprint density at radius 3 is 2.88 bits per heavy atom. The van der Waals surface area contributed by atoms with E-state index in [1.807, 2.05) is 30.3 Å². The predicted octanol–water partition coefficient (Wildman–Crippen LogP) is 2.94. The summed E-state index contributed by atoms with van der Waals surface area (Å²) in [5.74, 6) is 1.01. The molecule has 1 fully saturated rings. The fraction of sp³-hybridized carbons (Fsp3) is 0.571. The quantitative estimate of drug-likeness (QED) is 0.772. The number of hydrogen-bond donors (Lipinski definition) is 0. The average Bonchev–Trinajstić information content (AvgIpc) is 2.31. The fourth-order valence-electron chi connectivity index (χ4n) is 2.32. The van der Waals surface area contributed by atoms with E-state index in [0.29, 0.717) is 6.10 Å². The lowest BCUT2D eigenvalue weighted by molar-refractivity contribution is 0.0887. The average molecular weight is 219 g/mol. The van der Waals surface area contributed by atoms with Gasteiger partial charge >= 0.3 is 0 Å². The van der Waals surface area contributed by atoms with Gasteiger partial charge in [-0.1, -0.05) is 25.1 Å². The minimum atomic E-state index is 0.377. The summed E-state index contributed by atoms with van der Waals surface area (Å²) in [6, 6.07) is 10.2. The van der Waals surface area contributed by atoms with E-state index in [1.165, 1.54) is 32.4 Å². The van der Waals surface area contributed by atoms with Crippen LogP contribution >= 0.6 is 0 Å². The summed E-state index contributed by atoms with van der Waals surface area (Å²) in [5, 5.41) is 0. The topological polar surface area (TPSA) is 12.5 Å². The third kappa shape index (κ3) is 3.24. The molecule has 0 bridgehead atoms. The number of likely N-dealkylation sites (tertiary alicyclic amines) is 1. The Morgan fingerprint density at radius 1 is 1.31 bits per heavy atom. The standard InChI is InChI=1S/C14H21NO/c1-2-10-15-11-6-9-14(12-15)16-13-7-4-3-5-8-13/h3-5,7-8,14H,2,6,9-12H2,1H3. The Morgan fingerprint density at radius 2 is 2.12 bits per heavy atom. The number of para-hydroxylation sites is 1. The van der Waals surface area contributed by atoms with Gasteiger partial charge in [0.2, 0.25) is 0 Å². The summed E-state index contributed by atoms with van der Waals surface area (Å²) in [6.07, 6.45) is 4.06. The highest BCUT2D eigenvalue weighted by Crippen LogP contribution is 2.18. The third-order valence-corrected chi connectivity index (χ3v) is 3.05. The number of ether oxygens (including phenoxy) is 1. The van der Waals surface area contributed by atoms with Crippen LogP contribution in [0.2, 0.25) is 0 Å². The van der Waals surface area contributed by atoms with Crippen LogP contribution in [0.25, 0.3) is 0 Å². The van der Waals surface area contributed by atoms with Gasteiger partial charge in [-0.05, 0) is 44.5 Å². The summed E-state index contributed by atoms with van der Waals surface area (Å²) in [5.41, 5.74) is 0. The molecule has 0 aliphatic carbocycles. The first-order valence-electron chi connectivity index (χ1n) is 6.32. The molecule has 1 aromatic rings. The molecule has 0 amide bonds. The fourth-order valence-corrected chi connectivity index (χ4v) is 2.32. The molecule has 1 atom stereocenters. The zero-order valence-electron chi connectivity index (χ0n) is 10.1. The van der Waals surface area contributed by atoms with E-state index >= 15 is 0 Å². The van der Waals surface area contributed by atoms with E-state index in [2.05, 4.69) is 11.8 Å². The monoisotopic (exact) mass is 219 g/mol. The van der Waals surface area contributed by atoms with Crippen LogP contribution in [0.4, 0.5) is 0 Å². The molecule has 1 heterocycles. The van der Waals surface area contributed by atoms with Crippen molar-refractivity contribution in [1.82, 2.24) is 4.90 Å². The van der Waals surface area contributed by atoms with Crippen molar-refractivity contribution in [3.8, 4) is 5.75 Å². The Hall–Kier alpha value is -1.02. The van der Waals surface area contributed by atoms with Crippen molar-refractivity contribution in [3.63, 3.8) is 0 Å². The lowest BCUT2D eigenvalue weighted by atomic mass is 10.1. The second-order valence-corrected chi connectivity index (χ2v) is 4.50. The van der Waals surface area contributed by atoms with Crippen molar-refractivity contribution in [2.45, 2.75) is 32.3 Å². The van der Waals surface area contributed by atoms with Crippen LogP contribution in [0.15, 0.2) is 30.3 Å². The molecule has 1 unspecified atom stereocenters. The van der Waals surface area contributed by atoms with Gasteiger partial charge in [0.25, 0.3) is 0 Å². The normalized spacial score (nSPS) is 21.9. The highest BCUT2D eigenvalue weighted by atomic mass is 16.5. The molecule has 1 aliphatic heterocycles. The summed E-state index contributed by atoms with van der Waals surface area (Å²) in [7, 11) is 0. The Labute approximate surface area is 98.2 Å². The first kappa shape index (κ1) is 11.5. The molecule has 0 N–H and O–H groups in total. The molecular formula is C14H21NO. The summed E-state index contributed by atoms with van der Waals surface area (Å²) < 4.78 is 5.99. The van der Waals surface area contributed by atoms with Gasteiger partial charge in [0, 0.05) is 6.54 Å². The molecule has 1 saturated heterocycles. The Bertz CT molecular complexity index is 297. The van der Waals surface area contributed by atoms with Crippen molar-refractivity contribution < 1.29 is 4.74 Å². The van der Waals surface area contributed by atoms with Gasteiger partial charge in [0.15, 0.2) is 0 Å². The van der Waals surface area contributed by atoms with Crippen molar-refractivity contribution >= 4 is 0 Å². The summed E-state index contributed by atoms with van der Waals surface area (Å²) in [6.45, 7) is 5.77. The second kappa shape index (κ2) is 5.90. The van der Waals surface area contributed by atoms with Crippen LogP contribution in [-0.2, 0) is 0 Å². The maximum Gasteiger partial charge on any atom is 0.119 e. The van der Waals surface area contributed by atoms with Gasteiger partial charge in [-0.15, -0.1) is 0 Å². The SMILES string of the molecule is CCCN1CCCC(Oc2ccccc2)C1. The molecule has 1 aromatic carbocycles. The highest BCUT2D eigenvalue weighted by Gasteiger charge is 2.20. The molecule has 2 heteroatoms. The molecule has 0 spiro atoms. The van der Waals surface area contributed by atoms with E-state index in [4.69, 9.17) is 4.74 Å². The van der Waals surface area contributed by atoms with Crippen LogP contribution in [0, 0.1) is 0 Å². The van der Waals surface area contributed by atoms with Crippen LogP contribution < -0.4 is 4.74 Å². The van der Waals surface area contributed by atoms with Crippen molar-refractivity contribution in [2.24, 2.45) is 0 Å². The van der Waals surface area contributed by atoms with Gasteiger partial charge in [-0.3, -0.25) is 4.90 Å². The smallest absolute Gasteiger partial charge is 0.119 e. The van der Waals surface area contributed by atoms with Crippen molar-refractivity contribution in [3.05, 3.63) is 30.3 Å². The maximum absolute atomic E-state index is 5.99. The number of benzene rings is 1. The molecule has 2 nitrogen and oxygen atoms in total. The van der Waals surface area contributed by atoms with E-state index < -0.39 is 0 Å². The second-order valence-electron chi connectivity index (χ2n) is 4.50. The lowest BCUT2D eigenvalue weighted by Crippen LogP contribution is -2.41. The van der Waals surface area contributed by atoms with E-state index in [0.717, 1.165) is 12.3 Å². The van der Waals surface area contributed by atoms with Gasteiger partial charge in [0.05, 0.1) is 0 Å². The zero-order valence-corrected chi connectivity index (χ0v) is 10.1. The molecular weight excluding hydrogens is 198 g/mol. The number of piperidine rings is 1. The van der Waals surface area contributed by atoms with Crippen molar-refractivity contribution in [2.75, 3.05) is 19.6 Å². The lowest BCUT2D eigenvalue weighted by Gasteiger charge is -2.32. The first-order chi connectivity index (χ1) is 7.88. The summed E-state index contributed by atoms with van der Waals surface area (Å²) in [4.78, 5) is 2.51. The Kier molecular flexibility index (Phi) is 4.23. The largest absolute Gasteiger partial charge is 0.489 e. The molecule has 88 valence electrons. The van der Waals surface area contributed by atoms with Crippen LogP contribution in [0.1, 0.15) is 26.2 Å². The molecule has 1 aliphatic rings. The zero-order chi connectivity index (χ0) is 11.2. The van der Waals surface area contributed by atoms with Gasteiger partial charge in [-0.25, -0.2) is 0 Å². The molecule has 0 saturated carbocycles. The summed E-state index contributed by atoms with van der Waals surface area (Å²) >= 11 is 0. The van der Waals surface area contributed by atoms with Gasteiger partial charge in [0.1, 0.15) is 11.9 Å². The van der Waals surface area contributed by atoms with E-state index in [9.17, 15) is 0 Å². The number of hydrogen-bond acceptors (Lipinski definition) is 2. The molecule has 0 radical (unpaired) electrons. The minimum absolute atomic E-state index is 0.377. The van der Waals surface area contributed by atoms with Crippen LogP contribution in [0.3, 0.4) is 0 Å². The Balaban J connectivity index is 1.85. The molecule has 16 heavy (non-hydrogen) atoms. The molecule has 0 aromatic heterocycles. The van der Waals surface area contributed by atoms with Gasteiger partial charge < -0.3 is 4.74 Å². The van der Waals surface area contributed by atoms with Gasteiger partial charge in [-0.2, -0.15) is 0 Å². The van der Waals surface area contributed by atoms with Crippen LogP contribution in [0.5, 0.6) is 5.75 Å². The van der Waals surface area contributed by atoms with Crippen molar-refractivity contribution in [1.29, 1.82) is 0 Å². The van der Waals surface area contributed by atoms with Crippen LogP contribution in [-0.4, -0.2) is 30.6 Å². The first-order valence-corrected chi connectivity index (χ1v) is 6.32. The minimum Gasteiger partial charge on any atom is -0.489 e. The maximum atomic E-state index is 5.99. The highest BCUT2D eigenvalue weighted by molar-refractivity contribution is 5.21. The number of rotatable bonds is 4.